The molecule has 0 saturated heterocycles. The van der Waals surface area contributed by atoms with E-state index in [0.717, 1.165) is 0 Å². The SMILES string of the molecule is CC[C@@H](NC(=O)Cc1cc(C(F)(F)F)cc(C(F)(F)F)c1)C(=O)O. The molecule has 1 rings (SSSR count). The molecule has 0 aromatic heterocycles. The number of carbonyl (C=O) groups is 2. The van der Waals surface area contributed by atoms with Crippen LogP contribution in [-0.4, -0.2) is 23.0 Å². The number of carboxylic acid groups (broad SMARTS) is 1. The summed E-state index contributed by atoms with van der Waals surface area (Å²) in [5, 5.41) is 10.8. The van der Waals surface area contributed by atoms with Crippen molar-refractivity contribution in [3.8, 4) is 0 Å². The Hall–Kier alpha value is -2.26. The summed E-state index contributed by atoms with van der Waals surface area (Å²) in [4.78, 5) is 22.4. The van der Waals surface area contributed by atoms with Gasteiger partial charge in [-0.05, 0) is 30.2 Å². The molecule has 1 aromatic rings. The third-order valence-corrected chi connectivity index (χ3v) is 3.05. The molecule has 24 heavy (non-hydrogen) atoms. The second-order valence-corrected chi connectivity index (χ2v) is 4.96. The number of amides is 1. The van der Waals surface area contributed by atoms with Gasteiger partial charge in [0.25, 0.3) is 0 Å². The van der Waals surface area contributed by atoms with Crippen LogP contribution in [0, 0.1) is 0 Å². The molecule has 0 saturated carbocycles. The van der Waals surface area contributed by atoms with E-state index < -0.39 is 53.4 Å². The fourth-order valence-corrected chi connectivity index (χ4v) is 1.89. The summed E-state index contributed by atoms with van der Waals surface area (Å²) in [7, 11) is 0. The lowest BCUT2D eigenvalue weighted by Gasteiger charge is -2.15. The first-order valence-corrected chi connectivity index (χ1v) is 6.65. The first-order valence-electron chi connectivity index (χ1n) is 6.65. The topological polar surface area (TPSA) is 66.4 Å². The molecular weight excluding hydrogens is 344 g/mol. The van der Waals surface area contributed by atoms with Crippen LogP contribution >= 0.6 is 0 Å². The molecule has 1 amide bonds. The smallest absolute Gasteiger partial charge is 0.416 e. The Morgan fingerprint density at radius 1 is 1.04 bits per heavy atom. The third-order valence-electron chi connectivity index (χ3n) is 3.05. The van der Waals surface area contributed by atoms with Crippen LogP contribution < -0.4 is 5.32 Å². The van der Waals surface area contributed by atoms with Crippen molar-refractivity contribution in [3.63, 3.8) is 0 Å². The van der Waals surface area contributed by atoms with Crippen molar-refractivity contribution in [1.82, 2.24) is 5.32 Å². The summed E-state index contributed by atoms with van der Waals surface area (Å²) >= 11 is 0. The number of hydrogen-bond donors (Lipinski definition) is 2. The molecule has 0 bridgehead atoms. The first kappa shape index (κ1) is 19.8. The molecule has 2 N–H and O–H groups in total. The zero-order valence-corrected chi connectivity index (χ0v) is 12.3. The van der Waals surface area contributed by atoms with Gasteiger partial charge in [-0.1, -0.05) is 6.92 Å². The van der Waals surface area contributed by atoms with Crippen LogP contribution in [0.5, 0.6) is 0 Å². The van der Waals surface area contributed by atoms with Gasteiger partial charge in [0, 0.05) is 0 Å². The summed E-state index contributed by atoms with van der Waals surface area (Å²) in [6.45, 7) is 1.45. The zero-order valence-electron chi connectivity index (χ0n) is 12.3. The van der Waals surface area contributed by atoms with E-state index in [2.05, 4.69) is 0 Å². The van der Waals surface area contributed by atoms with E-state index in [1.807, 2.05) is 5.32 Å². The first-order chi connectivity index (χ1) is 10.8. The van der Waals surface area contributed by atoms with E-state index in [9.17, 15) is 35.9 Å². The molecule has 0 unspecified atom stereocenters. The Morgan fingerprint density at radius 2 is 1.50 bits per heavy atom. The maximum Gasteiger partial charge on any atom is 0.416 e. The lowest BCUT2D eigenvalue weighted by Crippen LogP contribution is -2.41. The minimum Gasteiger partial charge on any atom is -0.480 e. The molecule has 0 aliphatic heterocycles. The second kappa shape index (κ2) is 7.10. The van der Waals surface area contributed by atoms with Crippen LogP contribution in [-0.2, 0) is 28.4 Å². The molecule has 10 heteroatoms. The van der Waals surface area contributed by atoms with Gasteiger partial charge in [0.15, 0.2) is 0 Å². The number of carboxylic acids is 1. The van der Waals surface area contributed by atoms with Gasteiger partial charge in [-0.25, -0.2) is 4.79 Å². The van der Waals surface area contributed by atoms with Crippen molar-refractivity contribution in [3.05, 3.63) is 34.9 Å². The average Bonchev–Trinajstić information content (AvgIpc) is 2.42. The van der Waals surface area contributed by atoms with Crippen LogP contribution in [0.25, 0.3) is 0 Å². The van der Waals surface area contributed by atoms with Gasteiger partial charge in [0.1, 0.15) is 6.04 Å². The van der Waals surface area contributed by atoms with Crippen LogP contribution in [0.1, 0.15) is 30.0 Å². The molecular formula is C14H13F6NO3. The maximum absolute atomic E-state index is 12.7. The van der Waals surface area contributed by atoms with Crippen molar-refractivity contribution in [2.45, 2.75) is 38.2 Å². The number of aliphatic carboxylic acids is 1. The number of alkyl halides is 6. The largest absolute Gasteiger partial charge is 0.480 e. The standard InChI is InChI=1S/C14H13F6NO3/c1-2-10(12(23)24)21-11(22)5-7-3-8(13(15,16)17)6-9(4-7)14(18,19)20/h3-4,6,10H,2,5H2,1H3,(H,21,22)(H,23,24)/t10-/m1/s1. The minimum absolute atomic E-state index is 0.0114. The number of carbonyl (C=O) groups excluding carboxylic acids is 1. The van der Waals surface area contributed by atoms with Crippen LogP contribution in [0.3, 0.4) is 0 Å². The Morgan fingerprint density at radius 3 is 1.83 bits per heavy atom. The molecule has 0 heterocycles. The molecule has 1 aromatic carbocycles. The number of rotatable bonds is 5. The third kappa shape index (κ3) is 5.43. The summed E-state index contributed by atoms with van der Waals surface area (Å²) in [5.74, 6) is -2.34. The molecule has 0 spiro atoms. The Bertz CT molecular complexity index is 592. The fraction of sp³-hybridized carbons (Fsp3) is 0.429. The lowest BCUT2D eigenvalue weighted by molar-refractivity contribution is -0.143. The summed E-state index contributed by atoms with van der Waals surface area (Å²) in [6.07, 6.45) is -10.8. The highest BCUT2D eigenvalue weighted by molar-refractivity contribution is 5.84. The van der Waals surface area contributed by atoms with Gasteiger partial charge in [0.2, 0.25) is 5.91 Å². The number of benzene rings is 1. The summed E-state index contributed by atoms with van der Waals surface area (Å²) in [5.41, 5.74) is -3.59. The van der Waals surface area contributed by atoms with Gasteiger partial charge in [-0.3, -0.25) is 4.79 Å². The minimum atomic E-state index is -5.01. The van der Waals surface area contributed by atoms with Gasteiger partial charge in [-0.2, -0.15) is 26.3 Å². The maximum atomic E-state index is 12.7. The predicted octanol–water partition coefficient (Wildman–Crippen LogP) is 3.25. The summed E-state index contributed by atoms with van der Waals surface area (Å²) in [6, 6.07) is -0.467. The number of nitrogens with one attached hydrogen (secondary N) is 1. The summed E-state index contributed by atoms with van der Waals surface area (Å²) < 4.78 is 76.2. The molecule has 134 valence electrons. The van der Waals surface area contributed by atoms with E-state index in [4.69, 9.17) is 5.11 Å². The van der Waals surface area contributed by atoms with Crippen molar-refractivity contribution >= 4 is 11.9 Å². The predicted molar refractivity (Wildman–Crippen MR) is 70.0 cm³/mol. The monoisotopic (exact) mass is 357 g/mol. The van der Waals surface area contributed by atoms with Crippen molar-refractivity contribution in [2.75, 3.05) is 0 Å². The van der Waals surface area contributed by atoms with Gasteiger partial charge >= 0.3 is 18.3 Å². The molecule has 0 aliphatic carbocycles. The van der Waals surface area contributed by atoms with Gasteiger partial charge < -0.3 is 10.4 Å². The van der Waals surface area contributed by atoms with E-state index in [0.29, 0.717) is 12.1 Å². The Balaban J connectivity index is 3.10. The molecule has 1 atom stereocenters. The van der Waals surface area contributed by atoms with E-state index in [1.54, 1.807) is 0 Å². The number of hydrogen-bond acceptors (Lipinski definition) is 2. The van der Waals surface area contributed by atoms with Crippen molar-refractivity contribution in [1.29, 1.82) is 0 Å². The highest BCUT2D eigenvalue weighted by atomic mass is 19.4. The molecule has 0 aliphatic rings. The van der Waals surface area contributed by atoms with Crippen molar-refractivity contribution < 1.29 is 41.0 Å². The fourth-order valence-electron chi connectivity index (χ4n) is 1.89. The highest BCUT2D eigenvalue weighted by Gasteiger charge is 2.37. The molecule has 4 nitrogen and oxygen atoms in total. The normalized spacial score (nSPS) is 13.5. The second-order valence-electron chi connectivity index (χ2n) is 4.96. The quantitative estimate of drug-likeness (QED) is 0.795. The molecule has 0 fully saturated rings. The van der Waals surface area contributed by atoms with Crippen LogP contribution in [0.4, 0.5) is 26.3 Å². The molecule has 0 radical (unpaired) electrons. The van der Waals surface area contributed by atoms with Crippen LogP contribution in [0.15, 0.2) is 18.2 Å². The zero-order chi connectivity index (χ0) is 18.7. The van der Waals surface area contributed by atoms with E-state index in [1.165, 1.54) is 6.92 Å². The van der Waals surface area contributed by atoms with Gasteiger partial charge in [0.05, 0.1) is 17.5 Å². The van der Waals surface area contributed by atoms with Crippen LogP contribution in [0.2, 0.25) is 0 Å². The lowest BCUT2D eigenvalue weighted by atomic mass is 10.0. The highest BCUT2D eigenvalue weighted by Crippen LogP contribution is 2.36. The number of halogens is 6. The Kier molecular flexibility index (Phi) is 5.85. The average molecular weight is 357 g/mol. The Labute approximate surface area is 132 Å². The van der Waals surface area contributed by atoms with Gasteiger partial charge in [-0.15, -0.1) is 0 Å². The van der Waals surface area contributed by atoms with E-state index in [-0.39, 0.29) is 12.5 Å². The van der Waals surface area contributed by atoms with E-state index >= 15 is 0 Å². The van der Waals surface area contributed by atoms with Crippen molar-refractivity contribution in [2.24, 2.45) is 0 Å².